The summed E-state index contributed by atoms with van der Waals surface area (Å²) in [5, 5.41) is 5.10. The first-order valence-corrected chi connectivity index (χ1v) is 17.6. The second-order valence-electron chi connectivity index (χ2n) is 10.9. The summed E-state index contributed by atoms with van der Waals surface area (Å²) in [6, 6.07) is 65.5. The third kappa shape index (κ3) is 6.82. The fraction of sp³-hybridized carbons (Fsp3) is 0.143. The molecule has 0 heterocycles. The molecule has 223 valence electrons. The highest BCUT2D eigenvalue weighted by Crippen LogP contribution is 2.49. The van der Waals surface area contributed by atoms with Gasteiger partial charge in [-0.3, -0.25) is 0 Å². The summed E-state index contributed by atoms with van der Waals surface area (Å²) < 4.78 is -0.617. The molecule has 0 aliphatic heterocycles. The highest BCUT2D eigenvalue weighted by Gasteiger charge is 2.38. The van der Waals surface area contributed by atoms with Crippen LogP contribution in [0.1, 0.15) is 33.4 Å². The fourth-order valence-electron chi connectivity index (χ4n) is 6.18. The quantitative estimate of drug-likeness (QED) is 0.0889. The summed E-state index contributed by atoms with van der Waals surface area (Å²) in [6.07, 6.45) is 0. The number of rotatable bonds is 14. The topological polar surface area (TPSA) is 14.1 Å². The molecule has 45 heavy (non-hydrogen) atoms. The maximum atomic E-state index is 5.10. The highest BCUT2D eigenvalue weighted by molar-refractivity contribution is 8.00. The lowest BCUT2D eigenvalue weighted by Gasteiger charge is -2.36. The van der Waals surface area contributed by atoms with Gasteiger partial charge in [-0.25, -0.2) is 5.32 Å². The molecule has 0 fully saturated rings. The van der Waals surface area contributed by atoms with E-state index in [1.54, 1.807) is 0 Å². The van der Waals surface area contributed by atoms with Crippen molar-refractivity contribution in [3.8, 4) is 0 Å². The lowest BCUT2D eigenvalue weighted by atomic mass is 9.84. The molecule has 0 aliphatic rings. The smallest absolute Gasteiger partial charge is 0.0907 e. The van der Waals surface area contributed by atoms with Gasteiger partial charge in [0.25, 0.3) is 0 Å². The Bertz CT molecular complexity index is 1370. The number of thioether (sulfide) groups is 2. The molecule has 0 N–H and O–H groups in total. The average Bonchev–Trinajstić information content (AvgIpc) is 3.13. The van der Waals surface area contributed by atoms with Gasteiger partial charge in [0.1, 0.15) is 0 Å². The minimum atomic E-state index is -0.308. The molecule has 0 unspecified atom stereocenters. The maximum absolute atomic E-state index is 5.10. The molecule has 0 saturated heterocycles. The number of hydrogen-bond acceptors (Lipinski definition) is 2. The van der Waals surface area contributed by atoms with Crippen LogP contribution < -0.4 is 5.32 Å². The first kappa shape index (κ1) is 31.0. The Balaban J connectivity index is 1.19. The summed E-state index contributed by atoms with van der Waals surface area (Å²) in [5.41, 5.74) is 7.76. The van der Waals surface area contributed by atoms with Crippen LogP contribution in [0.4, 0.5) is 0 Å². The van der Waals surface area contributed by atoms with Crippen molar-refractivity contribution in [3.63, 3.8) is 0 Å². The number of benzene rings is 6. The Hall–Kier alpha value is -4.02. The Labute approximate surface area is 277 Å². The Kier molecular flexibility index (Phi) is 10.5. The largest absolute Gasteiger partial charge is 0.240 e. The number of nitrogens with zero attached hydrogens (tertiary/aromatic N) is 1. The molecule has 3 heteroatoms. The summed E-state index contributed by atoms with van der Waals surface area (Å²) in [7, 11) is 0. The van der Waals surface area contributed by atoms with Crippen molar-refractivity contribution >= 4 is 23.5 Å². The molecule has 0 aliphatic carbocycles. The summed E-state index contributed by atoms with van der Waals surface area (Å²) in [4.78, 5) is 0. The van der Waals surface area contributed by atoms with Gasteiger partial charge in [-0.15, -0.1) is 23.5 Å². The molecule has 0 spiro atoms. The van der Waals surface area contributed by atoms with Gasteiger partial charge in [0.15, 0.2) is 0 Å². The van der Waals surface area contributed by atoms with Crippen LogP contribution >= 0.6 is 23.5 Å². The zero-order valence-corrected chi connectivity index (χ0v) is 27.0. The standard InChI is InChI=1S/C42H38NS2/c1-7-19-35(20-8-1)41(36-21-9-2-10-22-36,37-23-11-3-12-24-37)44-33-31-43-32-34-45-42(38-25-13-4-14-26-38,39-27-15-5-16-28-39)40-29-17-6-18-30-40/h1-30H,31-34H2. The SMILES string of the molecule is c1ccc(C(SCC[N]CCSC(c2ccccc2)(c2ccccc2)c2ccccc2)(c2ccccc2)c2ccccc2)cc1. The first-order valence-electron chi connectivity index (χ1n) is 15.6. The van der Waals surface area contributed by atoms with Crippen molar-refractivity contribution < 1.29 is 0 Å². The molecule has 0 aromatic heterocycles. The molecule has 6 aromatic rings. The lowest BCUT2D eigenvalue weighted by molar-refractivity contribution is 0.750. The lowest BCUT2D eigenvalue weighted by Crippen LogP contribution is -2.28. The number of hydrogen-bond donors (Lipinski definition) is 0. The van der Waals surface area contributed by atoms with E-state index in [0.29, 0.717) is 0 Å². The Morgan fingerprint density at radius 2 is 0.511 bits per heavy atom. The van der Waals surface area contributed by atoms with Gasteiger partial charge in [-0.05, 0) is 33.4 Å². The molecule has 6 aromatic carbocycles. The minimum Gasteiger partial charge on any atom is -0.240 e. The molecule has 0 saturated carbocycles. The van der Waals surface area contributed by atoms with Crippen molar-refractivity contribution in [2.45, 2.75) is 9.49 Å². The zero-order chi connectivity index (χ0) is 30.6. The van der Waals surface area contributed by atoms with Crippen LogP contribution in [0.25, 0.3) is 0 Å². The summed E-state index contributed by atoms with van der Waals surface area (Å²) in [5.74, 6) is 1.84. The van der Waals surface area contributed by atoms with E-state index in [4.69, 9.17) is 5.32 Å². The predicted octanol–water partition coefficient (Wildman–Crippen LogP) is 10.0. The first-order chi connectivity index (χ1) is 22.3. The van der Waals surface area contributed by atoms with Crippen molar-refractivity contribution in [1.82, 2.24) is 5.32 Å². The molecule has 0 atom stereocenters. The van der Waals surface area contributed by atoms with E-state index in [9.17, 15) is 0 Å². The highest BCUT2D eigenvalue weighted by atomic mass is 32.2. The van der Waals surface area contributed by atoms with Crippen molar-refractivity contribution in [3.05, 3.63) is 215 Å². The van der Waals surface area contributed by atoms with Gasteiger partial charge < -0.3 is 0 Å². The Morgan fingerprint density at radius 3 is 0.711 bits per heavy atom. The van der Waals surface area contributed by atoms with Crippen LogP contribution in [0.5, 0.6) is 0 Å². The second-order valence-corrected chi connectivity index (χ2v) is 13.5. The van der Waals surface area contributed by atoms with E-state index in [1.165, 1.54) is 33.4 Å². The van der Waals surface area contributed by atoms with E-state index >= 15 is 0 Å². The minimum absolute atomic E-state index is 0.308. The molecular weight excluding hydrogens is 583 g/mol. The van der Waals surface area contributed by atoms with Gasteiger partial charge >= 0.3 is 0 Å². The second kappa shape index (κ2) is 15.3. The third-order valence-corrected chi connectivity index (χ3v) is 11.3. The van der Waals surface area contributed by atoms with Crippen LogP contribution in [0.2, 0.25) is 0 Å². The third-order valence-electron chi connectivity index (χ3n) is 8.22. The molecule has 0 bridgehead atoms. The van der Waals surface area contributed by atoms with Crippen molar-refractivity contribution in [2.75, 3.05) is 24.6 Å². The monoisotopic (exact) mass is 620 g/mol. The van der Waals surface area contributed by atoms with E-state index in [1.807, 2.05) is 23.5 Å². The van der Waals surface area contributed by atoms with Crippen LogP contribution in [0.3, 0.4) is 0 Å². The molecule has 1 radical (unpaired) electrons. The van der Waals surface area contributed by atoms with Gasteiger partial charge in [-0.1, -0.05) is 182 Å². The maximum Gasteiger partial charge on any atom is 0.0907 e. The van der Waals surface area contributed by atoms with Crippen LogP contribution in [0, 0.1) is 0 Å². The van der Waals surface area contributed by atoms with Crippen molar-refractivity contribution in [2.24, 2.45) is 0 Å². The zero-order valence-electron chi connectivity index (χ0n) is 25.4. The molecule has 1 nitrogen and oxygen atoms in total. The summed E-state index contributed by atoms with van der Waals surface area (Å²) in [6.45, 7) is 1.60. The van der Waals surface area contributed by atoms with E-state index in [2.05, 4.69) is 182 Å². The van der Waals surface area contributed by atoms with E-state index in [0.717, 1.165) is 24.6 Å². The van der Waals surface area contributed by atoms with Gasteiger partial charge in [0, 0.05) is 24.6 Å². The normalized spacial score (nSPS) is 11.7. The Morgan fingerprint density at radius 1 is 0.311 bits per heavy atom. The van der Waals surface area contributed by atoms with Gasteiger partial charge in [0.2, 0.25) is 0 Å². The molecule has 6 rings (SSSR count). The van der Waals surface area contributed by atoms with Crippen LogP contribution in [-0.2, 0) is 9.49 Å². The fourth-order valence-corrected chi connectivity index (χ4v) is 9.05. The van der Waals surface area contributed by atoms with Crippen LogP contribution in [-0.4, -0.2) is 24.6 Å². The van der Waals surface area contributed by atoms with Crippen LogP contribution in [0.15, 0.2) is 182 Å². The molecular formula is C42H38NS2. The van der Waals surface area contributed by atoms with E-state index < -0.39 is 0 Å². The molecule has 0 amide bonds. The predicted molar refractivity (Wildman–Crippen MR) is 195 cm³/mol. The average molecular weight is 621 g/mol. The summed E-state index contributed by atoms with van der Waals surface area (Å²) >= 11 is 3.96. The van der Waals surface area contributed by atoms with Gasteiger partial charge in [0.05, 0.1) is 9.49 Å². The van der Waals surface area contributed by atoms with Gasteiger partial charge in [-0.2, -0.15) is 0 Å². The van der Waals surface area contributed by atoms with E-state index in [-0.39, 0.29) is 9.49 Å². The van der Waals surface area contributed by atoms with Crippen molar-refractivity contribution in [1.29, 1.82) is 0 Å².